The highest BCUT2D eigenvalue weighted by molar-refractivity contribution is 5.94. The topological polar surface area (TPSA) is 374 Å². The van der Waals surface area contributed by atoms with Gasteiger partial charge in [0.05, 0.1) is 30.8 Å². The van der Waals surface area contributed by atoms with Gasteiger partial charge in [0, 0.05) is 63.0 Å². The van der Waals surface area contributed by atoms with Gasteiger partial charge < -0.3 is 68.2 Å². The predicted molar refractivity (Wildman–Crippen MR) is 292 cm³/mol. The van der Waals surface area contributed by atoms with E-state index in [-0.39, 0.29) is 92.2 Å². The van der Waals surface area contributed by atoms with Gasteiger partial charge in [-0.1, -0.05) is 47.0 Å². The molecule has 0 heterocycles. The molecule has 23 heteroatoms. The van der Waals surface area contributed by atoms with Crippen LogP contribution in [0.3, 0.4) is 0 Å². The fourth-order valence-electron chi connectivity index (χ4n) is 9.06. The van der Waals surface area contributed by atoms with Gasteiger partial charge in [-0.05, 0) is 127 Å². The van der Waals surface area contributed by atoms with Gasteiger partial charge in [0.15, 0.2) is 0 Å². The normalized spacial score (nSPS) is 14.2. The van der Waals surface area contributed by atoms with Crippen LogP contribution in [0.1, 0.15) is 181 Å². The lowest BCUT2D eigenvalue weighted by Crippen LogP contribution is -2.49. The number of carbonyl (C=O) groups excluding carboxylic acids is 7. The Morgan fingerprint density at radius 2 is 1.18 bits per heavy atom. The van der Waals surface area contributed by atoms with Gasteiger partial charge >= 0.3 is 17.9 Å². The summed E-state index contributed by atoms with van der Waals surface area (Å²) in [6.45, 7) is 16.0. The number of carboxylic acids is 3. The molecule has 13 N–H and O–H groups in total. The number of unbranched alkanes of at least 4 members (excludes halogenated alkanes) is 1. The van der Waals surface area contributed by atoms with Gasteiger partial charge in [-0.3, -0.25) is 43.2 Å². The van der Waals surface area contributed by atoms with E-state index in [1.54, 1.807) is 31.3 Å². The molecular formula is C55H92N8O15. The van der Waals surface area contributed by atoms with Crippen molar-refractivity contribution in [1.82, 2.24) is 31.9 Å². The number of hydrogen-bond donors (Lipinski definition) is 11. The maximum atomic E-state index is 13.0. The molecule has 7 amide bonds. The first-order chi connectivity index (χ1) is 36.3. The molecule has 1 aliphatic rings. The monoisotopic (exact) mass is 1100 g/mol. The van der Waals surface area contributed by atoms with Crippen molar-refractivity contribution >= 4 is 64.9 Å². The first-order valence-corrected chi connectivity index (χ1v) is 27.0. The summed E-state index contributed by atoms with van der Waals surface area (Å²) in [5.41, 5.74) is 10.4. The summed E-state index contributed by atoms with van der Waals surface area (Å²) < 4.78 is 12.0. The first kappa shape index (κ1) is 69.7. The van der Waals surface area contributed by atoms with E-state index < -0.39 is 71.4 Å². The van der Waals surface area contributed by atoms with Crippen molar-refractivity contribution in [3.8, 4) is 0 Å². The molecule has 2 rings (SSSR count). The fraction of sp³-hybridized carbons (Fsp3) is 0.709. The maximum absolute atomic E-state index is 13.0. The number of primary amides is 1. The van der Waals surface area contributed by atoms with Gasteiger partial charge in [0.25, 0.3) is 5.91 Å². The fourth-order valence-corrected chi connectivity index (χ4v) is 9.06. The molecule has 0 aliphatic heterocycles. The number of ether oxygens (including phenoxy) is 2. The number of benzene rings is 1. The Morgan fingerprint density at radius 1 is 0.615 bits per heavy atom. The summed E-state index contributed by atoms with van der Waals surface area (Å²) in [6, 6.07) is 3.21. The summed E-state index contributed by atoms with van der Waals surface area (Å²) in [7, 11) is 1.61. The SMILES string of the molecule is CC(C)(CCOC(C)(C)CCC(=O)NC(CCCCNC(=O)c1ccc(N)cc1)C(N)=O)OCCNC(=O)C(CCC(=O)O)NC(=O)CCC(NC(=O)C1CCCCC1)C(=O)O.CNC(=O)CC(C)(C)CC(C)(C)CC(=O)O. The van der Waals surface area contributed by atoms with Crippen LogP contribution in [0.5, 0.6) is 0 Å². The molecular weight excluding hydrogens is 1010 g/mol. The van der Waals surface area contributed by atoms with Crippen LogP contribution in [-0.4, -0.2) is 137 Å². The Kier molecular flexibility index (Phi) is 30.8. The van der Waals surface area contributed by atoms with Crippen LogP contribution in [-0.2, 0) is 52.6 Å². The van der Waals surface area contributed by atoms with Gasteiger partial charge in [-0.25, -0.2) is 4.79 Å². The molecule has 1 saturated carbocycles. The van der Waals surface area contributed by atoms with Gasteiger partial charge in [0.1, 0.15) is 18.1 Å². The Hall–Kier alpha value is -6.36. The second-order valence-electron chi connectivity index (χ2n) is 22.9. The summed E-state index contributed by atoms with van der Waals surface area (Å²) >= 11 is 0. The Labute approximate surface area is 460 Å². The Balaban J connectivity index is 0.00000163. The second-order valence-corrected chi connectivity index (χ2v) is 22.9. The molecule has 78 heavy (non-hydrogen) atoms. The van der Waals surface area contributed by atoms with Crippen LogP contribution in [0, 0.1) is 16.7 Å². The number of nitrogen functional groups attached to an aromatic ring is 1. The van der Waals surface area contributed by atoms with E-state index in [1.807, 2.05) is 55.4 Å². The van der Waals surface area contributed by atoms with Crippen molar-refractivity contribution in [2.75, 3.05) is 39.1 Å². The average molecular weight is 1110 g/mol. The number of nitrogens with one attached hydrogen (secondary N) is 6. The van der Waals surface area contributed by atoms with E-state index in [2.05, 4.69) is 31.9 Å². The Bertz CT molecular complexity index is 2120. The second kappa shape index (κ2) is 34.5. The zero-order valence-corrected chi connectivity index (χ0v) is 47.6. The van der Waals surface area contributed by atoms with Crippen LogP contribution in [0.2, 0.25) is 0 Å². The lowest BCUT2D eigenvalue weighted by atomic mass is 9.72. The number of carboxylic acid groups (broad SMARTS) is 3. The first-order valence-electron chi connectivity index (χ1n) is 27.0. The molecule has 1 aromatic rings. The molecule has 3 unspecified atom stereocenters. The molecule has 3 atom stereocenters. The van der Waals surface area contributed by atoms with E-state index >= 15 is 0 Å². The van der Waals surface area contributed by atoms with Crippen LogP contribution in [0.25, 0.3) is 0 Å². The third-order valence-corrected chi connectivity index (χ3v) is 13.2. The molecule has 0 bridgehead atoms. The summed E-state index contributed by atoms with van der Waals surface area (Å²) in [4.78, 5) is 120. The molecule has 0 aromatic heterocycles. The van der Waals surface area contributed by atoms with Gasteiger partial charge in [-0.2, -0.15) is 0 Å². The lowest BCUT2D eigenvalue weighted by molar-refractivity contribution is -0.143. The lowest BCUT2D eigenvalue weighted by Gasteiger charge is -2.33. The van der Waals surface area contributed by atoms with Crippen molar-refractivity contribution < 1.29 is 72.7 Å². The molecule has 0 radical (unpaired) electrons. The van der Waals surface area contributed by atoms with E-state index in [4.69, 9.17) is 26.0 Å². The molecule has 1 fully saturated rings. The molecule has 442 valence electrons. The van der Waals surface area contributed by atoms with Crippen LogP contribution >= 0.6 is 0 Å². The summed E-state index contributed by atoms with van der Waals surface area (Å²) in [5, 5.41) is 43.4. The molecule has 0 spiro atoms. The third-order valence-electron chi connectivity index (χ3n) is 13.2. The van der Waals surface area contributed by atoms with Crippen molar-refractivity contribution in [3.05, 3.63) is 29.8 Å². The highest BCUT2D eigenvalue weighted by Crippen LogP contribution is 2.38. The number of nitrogens with two attached hydrogens (primary N) is 2. The van der Waals surface area contributed by atoms with E-state index in [0.717, 1.165) is 19.3 Å². The number of rotatable bonds is 36. The summed E-state index contributed by atoms with van der Waals surface area (Å²) in [6.07, 6.45) is 6.67. The third kappa shape index (κ3) is 31.8. The standard InChI is InChI=1S/C43H69N7O12.C12H23NO3/c1-42(2,22-21-35(52)48-31(37(45)55)12-8-9-24-46-38(56)29-13-15-30(44)16-14-29)61-26-23-43(3,4)62-27-25-47-40(58)32(18-20-36(53)54)49-34(51)19-17-33(41(59)60)50-39(57)28-10-6-5-7-11-28;1-11(2,6-9(14)13-5)8-12(3,4)7-10(15)16/h13-16,28,31-33H,5-12,17-27,44H2,1-4H3,(H2,45,55)(H,46,56)(H,47,58)(H,48,52)(H,49,51)(H,50,57)(H,53,54)(H,59,60);6-8H2,1-5H3,(H,13,14)(H,15,16). The zero-order chi connectivity index (χ0) is 59.3. The average Bonchev–Trinajstić information content (AvgIpc) is 3.33. The number of carbonyl (C=O) groups is 10. The highest BCUT2D eigenvalue weighted by Gasteiger charge is 2.33. The number of hydrogen-bond acceptors (Lipinski definition) is 13. The van der Waals surface area contributed by atoms with E-state index in [9.17, 15) is 58.2 Å². The quantitative estimate of drug-likeness (QED) is 0.0329. The van der Waals surface area contributed by atoms with Crippen molar-refractivity contribution in [2.24, 2.45) is 22.5 Å². The smallest absolute Gasteiger partial charge is 0.326 e. The number of anilines is 1. The molecule has 23 nitrogen and oxygen atoms in total. The molecule has 0 saturated heterocycles. The zero-order valence-electron chi connectivity index (χ0n) is 47.6. The van der Waals surface area contributed by atoms with Crippen LogP contribution in [0.4, 0.5) is 5.69 Å². The molecule has 1 aliphatic carbocycles. The van der Waals surface area contributed by atoms with Crippen LogP contribution in [0.15, 0.2) is 24.3 Å². The van der Waals surface area contributed by atoms with Gasteiger partial charge in [0.2, 0.25) is 35.4 Å². The van der Waals surface area contributed by atoms with Crippen molar-refractivity contribution in [1.29, 1.82) is 0 Å². The van der Waals surface area contributed by atoms with Crippen molar-refractivity contribution in [2.45, 2.75) is 200 Å². The Morgan fingerprint density at radius 3 is 1.76 bits per heavy atom. The minimum Gasteiger partial charge on any atom is -0.481 e. The largest absolute Gasteiger partial charge is 0.481 e. The summed E-state index contributed by atoms with van der Waals surface area (Å²) in [5.74, 6) is -6.38. The van der Waals surface area contributed by atoms with Crippen molar-refractivity contribution in [3.63, 3.8) is 0 Å². The maximum Gasteiger partial charge on any atom is 0.326 e. The predicted octanol–water partition coefficient (Wildman–Crippen LogP) is 4.34. The minimum absolute atomic E-state index is 0.00359. The van der Waals surface area contributed by atoms with E-state index in [1.165, 1.54) is 0 Å². The minimum atomic E-state index is -1.29. The number of aliphatic carboxylic acids is 3. The van der Waals surface area contributed by atoms with Gasteiger partial charge in [-0.15, -0.1) is 0 Å². The van der Waals surface area contributed by atoms with E-state index in [0.29, 0.717) is 75.6 Å². The number of amides is 7. The molecule has 1 aromatic carbocycles. The van der Waals surface area contributed by atoms with Crippen LogP contribution < -0.4 is 43.4 Å². The highest BCUT2D eigenvalue weighted by atomic mass is 16.5.